The molecule has 0 saturated heterocycles. The second kappa shape index (κ2) is 4.09. The van der Waals surface area contributed by atoms with E-state index in [9.17, 15) is 15.3 Å². The molecule has 0 spiro atoms. The van der Waals surface area contributed by atoms with Crippen LogP contribution in [-0.2, 0) is 0 Å². The van der Waals surface area contributed by atoms with E-state index >= 15 is 0 Å². The highest BCUT2D eigenvalue weighted by molar-refractivity contribution is 4.96. The lowest BCUT2D eigenvalue weighted by Crippen LogP contribution is -2.67. The van der Waals surface area contributed by atoms with Gasteiger partial charge in [0.15, 0.2) is 5.60 Å². The summed E-state index contributed by atoms with van der Waals surface area (Å²) in [4.78, 5) is 0. The zero-order valence-electron chi connectivity index (χ0n) is 8.30. The van der Waals surface area contributed by atoms with Crippen LogP contribution in [-0.4, -0.2) is 48.0 Å². The van der Waals surface area contributed by atoms with Gasteiger partial charge in [-0.15, -0.1) is 0 Å². The average Bonchev–Trinajstić information content (AvgIpc) is 2.00. The summed E-state index contributed by atoms with van der Waals surface area (Å²) in [5.41, 5.74) is -2.80. The highest BCUT2D eigenvalue weighted by atomic mass is 16.7. The molecule has 1 atom stereocenters. The molecule has 1 unspecified atom stereocenters. The van der Waals surface area contributed by atoms with Gasteiger partial charge in [-0.3, -0.25) is 0 Å². The van der Waals surface area contributed by atoms with Crippen molar-refractivity contribution >= 4 is 0 Å². The fourth-order valence-electron chi connectivity index (χ4n) is 1.34. The van der Waals surface area contributed by atoms with Gasteiger partial charge in [0, 0.05) is 6.42 Å². The Morgan fingerprint density at radius 1 is 0.857 bits per heavy atom. The van der Waals surface area contributed by atoms with Crippen LogP contribution < -0.4 is 0 Å². The molecule has 6 heteroatoms. The maximum absolute atomic E-state index is 9.57. The van der Waals surface area contributed by atoms with Crippen LogP contribution in [0.5, 0.6) is 0 Å². The zero-order chi connectivity index (χ0) is 11.6. The molecular weight excluding hydrogens is 192 g/mol. The van der Waals surface area contributed by atoms with E-state index in [2.05, 4.69) is 0 Å². The first kappa shape index (κ1) is 13.8. The van der Waals surface area contributed by atoms with E-state index in [1.54, 1.807) is 6.92 Å². The summed E-state index contributed by atoms with van der Waals surface area (Å²) in [5.74, 6) is -6.31. The summed E-state index contributed by atoms with van der Waals surface area (Å²) < 4.78 is 0. The van der Waals surface area contributed by atoms with Crippen LogP contribution in [0.2, 0.25) is 0 Å². The van der Waals surface area contributed by atoms with E-state index < -0.39 is 23.8 Å². The second-order valence-corrected chi connectivity index (χ2v) is 3.42. The number of aliphatic hydroxyl groups is 6. The van der Waals surface area contributed by atoms with Gasteiger partial charge in [0.1, 0.15) is 0 Å². The first-order chi connectivity index (χ1) is 6.12. The van der Waals surface area contributed by atoms with Gasteiger partial charge in [-0.2, -0.15) is 0 Å². The largest absolute Gasteiger partial charge is 0.377 e. The second-order valence-electron chi connectivity index (χ2n) is 3.42. The van der Waals surface area contributed by atoms with E-state index in [-0.39, 0.29) is 6.42 Å². The minimum atomic E-state index is -3.56. The Morgan fingerprint density at radius 2 is 1.29 bits per heavy atom. The van der Waals surface area contributed by atoms with Gasteiger partial charge in [0.2, 0.25) is 5.79 Å². The van der Waals surface area contributed by atoms with Crippen molar-refractivity contribution in [1.29, 1.82) is 0 Å². The predicted molar refractivity (Wildman–Crippen MR) is 46.7 cm³/mol. The molecule has 0 aliphatic carbocycles. The van der Waals surface area contributed by atoms with E-state index in [0.717, 1.165) is 0 Å². The molecule has 0 heterocycles. The fourth-order valence-corrected chi connectivity index (χ4v) is 1.34. The van der Waals surface area contributed by atoms with Gasteiger partial charge in [0.25, 0.3) is 0 Å². The minimum Gasteiger partial charge on any atom is -0.377 e. The Morgan fingerprint density at radius 3 is 1.50 bits per heavy atom. The van der Waals surface area contributed by atoms with Crippen molar-refractivity contribution in [1.82, 2.24) is 0 Å². The van der Waals surface area contributed by atoms with Crippen LogP contribution >= 0.6 is 0 Å². The van der Waals surface area contributed by atoms with E-state index in [1.165, 1.54) is 6.92 Å². The molecule has 0 aromatic heterocycles. The lowest BCUT2D eigenvalue weighted by atomic mass is 9.84. The van der Waals surface area contributed by atoms with Gasteiger partial charge in [-0.05, 0) is 6.42 Å². The summed E-state index contributed by atoms with van der Waals surface area (Å²) in [6, 6.07) is 0. The van der Waals surface area contributed by atoms with E-state index in [4.69, 9.17) is 15.3 Å². The first-order valence-corrected chi connectivity index (χ1v) is 4.46. The molecule has 86 valence electrons. The maximum Gasteiger partial charge on any atom is 0.311 e. The Labute approximate surface area is 82.1 Å². The van der Waals surface area contributed by atoms with Crippen molar-refractivity contribution in [2.24, 2.45) is 0 Å². The summed E-state index contributed by atoms with van der Waals surface area (Å²) in [5, 5.41) is 54.9. The number of rotatable bonds is 5. The first-order valence-electron chi connectivity index (χ1n) is 4.46. The van der Waals surface area contributed by atoms with Crippen LogP contribution in [0.15, 0.2) is 0 Å². The van der Waals surface area contributed by atoms with Gasteiger partial charge in [0.05, 0.1) is 0 Å². The highest BCUT2D eigenvalue weighted by Gasteiger charge is 2.59. The normalized spacial score (nSPS) is 18.0. The van der Waals surface area contributed by atoms with Crippen molar-refractivity contribution in [3.05, 3.63) is 0 Å². The van der Waals surface area contributed by atoms with Crippen molar-refractivity contribution in [2.45, 2.75) is 50.5 Å². The molecule has 6 N–H and O–H groups in total. The van der Waals surface area contributed by atoms with Crippen molar-refractivity contribution in [3.8, 4) is 0 Å². The smallest absolute Gasteiger partial charge is 0.311 e. The molecule has 0 aromatic carbocycles. The zero-order valence-corrected chi connectivity index (χ0v) is 8.30. The molecule has 0 aromatic rings. The molecule has 0 radical (unpaired) electrons. The van der Waals surface area contributed by atoms with Gasteiger partial charge >= 0.3 is 5.97 Å². The van der Waals surface area contributed by atoms with Crippen LogP contribution in [0.1, 0.15) is 33.1 Å². The molecule has 0 aliphatic rings. The minimum absolute atomic E-state index is 0.291. The Hall–Kier alpha value is -0.240. The van der Waals surface area contributed by atoms with Crippen LogP contribution in [0.4, 0.5) is 0 Å². The molecule has 0 amide bonds. The van der Waals surface area contributed by atoms with E-state index in [0.29, 0.717) is 6.42 Å². The van der Waals surface area contributed by atoms with Gasteiger partial charge in [-0.25, -0.2) is 0 Å². The third-order valence-corrected chi connectivity index (χ3v) is 2.33. The van der Waals surface area contributed by atoms with Crippen molar-refractivity contribution in [2.75, 3.05) is 0 Å². The topological polar surface area (TPSA) is 121 Å². The van der Waals surface area contributed by atoms with Crippen LogP contribution in [0.25, 0.3) is 0 Å². The fraction of sp³-hybridized carbons (Fsp3) is 1.00. The standard InChI is InChI=1S/C8H18O6/c1-3-5-7(10,11)6(9,4-2)8(12,13)14/h9-14H,3-5H2,1-2H3. The Balaban J connectivity index is 5.03. The average molecular weight is 210 g/mol. The third kappa shape index (κ3) is 2.22. The van der Waals surface area contributed by atoms with Crippen LogP contribution in [0, 0.1) is 0 Å². The van der Waals surface area contributed by atoms with Crippen molar-refractivity contribution < 1.29 is 30.6 Å². The Bertz CT molecular complexity index is 185. The highest BCUT2D eigenvalue weighted by Crippen LogP contribution is 2.34. The summed E-state index contributed by atoms with van der Waals surface area (Å²) in [6.45, 7) is 2.90. The van der Waals surface area contributed by atoms with Gasteiger partial charge in [-0.1, -0.05) is 20.3 Å². The molecular formula is C8H18O6. The van der Waals surface area contributed by atoms with Crippen molar-refractivity contribution in [3.63, 3.8) is 0 Å². The third-order valence-electron chi connectivity index (χ3n) is 2.33. The molecule has 0 fully saturated rings. The molecule has 0 rings (SSSR count). The molecule has 0 bridgehead atoms. The summed E-state index contributed by atoms with van der Waals surface area (Å²) >= 11 is 0. The molecule has 0 aliphatic heterocycles. The predicted octanol–water partition coefficient (Wildman–Crippen LogP) is -1.76. The maximum atomic E-state index is 9.57. The number of hydrogen-bond acceptors (Lipinski definition) is 6. The lowest BCUT2D eigenvalue weighted by molar-refractivity contribution is -0.450. The van der Waals surface area contributed by atoms with Crippen LogP contribution in [0.3, 0.4) is 0 Å². The number of hydrogen-bond donors (Lipinski definition) is 6. The monoisotopic (exact) mass is 210 g/mol. The summed E-state index contributed by atoms with van der Waals surface area (Å²) in [7, 11) is 0. The molecule has 6 nitrogen and oxygen atoms in total. The molecule has 0 saturated carbocycles. The SMILES string of the molecule is CCCC(O)(O)C(O)(CC)C(O)(O)O. The lowest BCUT2D eigenvalue weighted by Gasteiger charge is -2.43. The summed E-state index contributed by atoms with van der Waals surface area (Å²) in [6.07, 6.45) is -0.421. The van der Waals surface area contributed by atoms with E-state index in [1.807, 2.05) is 0 Å². The quantitative estimate of drug-likeness (QED) is 0.299. The van der Waals surface area contributed by atoms with Gasteiger partial charge < -0.3 is 30.6 Å². The Kier molecular flexibility index (Phi) is 4.02. The molecule has 14 heavy (non-hydrogen) atoms.